The molecule has 0 radical (unpaired) electrons. The van der Waals surface area contributed by atoms with Gasteiger partial charge in [-0.25, -0.2) is 0 Å². The lowest BCUT2D eigenvalue weighted by atomic mass is 9.91. The van der Waals surface area contributed by atoms with E-state index < -0.39 is 0 Å². The predicted molar refractivity (Wildman–Crippen MR) is 81.0 cm³/mol. The molecule has 1 aromatic rings. The molecule has 1 unspecified atom stereocenters. The van der Waals surface area contributed by atoms with Crippen molar-refractivity contribution < 1.29 is 9.59 Å². The van der Waals surface area contributed by atoms with E-state index >= 15 is 0 Å². The topological polar surface area (TPSA) is 66.1 Å². The number of nitrogens with zero attached hydrogens (tertiary/aromatic N) is 2. The highest BCUT2D eigenvalue weighted by Gasteiger charge is 2.30. The molecule has 2 heterocycles. The molecule has 1 aliphatic rings. The minimum Gasteiger partial charge on any atom is -0.335 e. The van der Waals surface area contributed by atoms with Gasteiger partial charge in [0.15, 0.2) is 0 Å². The van der Waals surface area contributed by atoms with Crippen molar-refractivity contribution in [3.8, 4) is 0 Å². The second-order valence-corrected chi connectivity index (χ2v) is 6.27. The van der Waals surface area contributed by atoms with Gasteiger partial charge in [0.1, 0.15) is 0 Å². The van der Waals surface area contributed by atoms with E-state index in [1.807, 2.05) is 20.0 Å². The molecule has 1 N–H and O–H groups in total. The van der Waals surface area contributed by atoms with Gasteiger partial charge >= 0.3 is 0 Å². The van der Waals surface area contributed by atoms with Crippen LogP contribution < -0.4 is 0 Å². The van der Waals surface area contributed by atoms with Gasteiger partial charge in [0.2, 0.25) is 5.78 Å². The van der Waals surface area contributed by atoms with Crippen LogP contribution in [0.15, 0.2) is 6.20 Å². The number of ketones is 1. The van der Waals surface area contributed by atoms with Crippen LogP contribution in [-0.4, -0.2) is 39.9 Å². The molecular weight excluding hydrogens is 266 g/mol. The van der Waals surface area contributed by atoms with E-state index in [2.05, 4.69) is 17.1 Å². The summed E-state index contributed by atoms with van der Waals surface area (Å²) in [6, 6.07) is 0. The first kappa shape index (κ1) is 15.7. The second kappa shape index (κ2) is 6.87. The summed E-state index contributed by atoms with van der Waals surface area (Å²) in [7, 11) is 0. The van der Waals surface area contributed by atoms with Crippen LogP contribution in [0.25, 0.3) is 0 Å². The summed E-state index contributed by atoms with van der Waals surface area (Å²) in [5.41, 5.74) is 2.34. The summed E-state index contributed by atoms with van der Waals surface area (Å²) in [5.74, 6) is -0.0784. The first-order valence-corrected chi connectivity index (χ1v) is 7.87. The Kier molecular flexibility index (Phi) is 5.15. The highest BCUT2D eigenvalue weighted by atomic mass is 16.2. The number of amides is 1. The van der Waals surface area contributed by atoms with Gasteiger partial charge < -0.3 is 4.90 Å². The molecule has 21 heavy (non-hydrogen) atoms. The average Bonchev–Trinajstić information content (AvgIpc) is 2.94. The fourth-order valence-corrected chi connectivity index (χ4v) is 2.99. The SMILES string of the molecule is CCc1cn[nH]c1C1CCCN(C(=O)C(=O)CC(C)C)C1. The maximum Gasteiger partial charge on any atom is 0.289 e. The van der Waals surface area contributed by atoms with Crippen LogP contribution in [0.3, 0.4) is 0 Å². The first-order valence-electron chi connectivity index (χ1n) is 7.87. The predicted octanol–water partition coefficient (Wildman–Crippen LogP) is 2.29. The Balaban J connectivity index is 2.04. The maximum absolute atomic E-state index is 12.3. The van der Waals surface area contributed by atoms with Gasteiger partial charge in [0, 0.05) is 31.1 Å². The van der Waals surface area contributed by atoms with E-state index in [4.69, 9.17) is 0 Å². The van der Waals surface area contributed by atoms with E-state index in [0.29, 0.717) is 19.5 Å². The number of nitrogens with one attached hydrogen (secondary N) is 1. The molecule has 116 valence electrons. The van der Waals surface area contributed by atoms with Crippen LogP contribution in [0, 0.1) is 5.92 Å². The molecule has 5 nitrogen and oxygen atoms in total. The summed E-state index contributed by atoms with van der Waals surface area (Å²) in [6.45, 7) is 7.34. The number of carbonyl (C=O) groups excluding carboxylic acids is 2. The summed E-state index contributed by atoms with van der Waals surface area (Å²) in [6.07, 6.45) is 5.11. The summed E-state index contributed by atoms with van der Waals surface area (Å²) in [4.78, 5) is 25.9. The summed E-state index contributed by atoms with van der Waals surface area (Å²) < 4.78 is 0. The molecule has 0 aromatic carbocycles. The smallest absolute Gasteiger partial charge is 0.289 e. The number of aromatic amines is 1. The van der Waals surface area contributed by atoms with E-state index in [-0.39, 0.29) is 23.5 Å². The number of likely N-dealkylation sites (tertiary alicyclic amines) is 1. The fraction of sp³-hybridized carbons (Fsp3) is 0.688. The zero-order valence-corrected chi connectivity index (χ0v) is 13.2. The highest BCUT2D eigenvalue weighted by Crippen LogP contribution is 2.28. The van der Waals surface area contributed by atoms with E-state index in [9.17, 15) is 9.59 Å². The number of hydrogen-bond acceptors (Lipinski definition) is 3. The van der Waals surface area contributed by atoms with Gasteiger partial charge in [-0.15, -0.1) is 0 Å². The fourth-order valence-electron chi connectivity index (χ4n) is 2.99. The van der Waals surface area contributed by atoms with Crippen LogP contribution >= 0.6 is 0 Å². The van der Waals surface area contributed by atoms with Crippen LogP contribution in [0.2, 0.25) is 0 Å². The van der Waals surface area contributed by atoms with Gasteiger partial charge in [-0.3, -0.25) is 14.7 Å². The maximum atomic E-state index is 12.3. The molecule has 5 heteroatoms. The molecular formula is C16H25N3O2. The van der Waals surface area contributed by atoms with Crippen LogP contribution in [0.1, 0.15) is 57.2 Å². The number of rotatable bonds is 5. The van der Waals surface area contributed by atoms with Crippen molar-refractivity contribution in [3.05, 3.63) is 17.5 Å². The number of aromatic nitrogens is 2. The first-order chi connectivity index (χ1) is 10.0. The van der Waals surface area contributed by atoms with Crippen molar-refractivity contribution in [2.45, 2.75) is 52.4 Å². The molecule has 1 aliphatic heterocycles. The average molecular weight is 291 g/mol. The largest absolute Gasteiger partial charge is 0.335 e. The van der Waals surface area contributed by atoms with Crippen molar-refractivity contribution in [2.24, 2.45) is 5.92 Å². The molecule has 0 saturated carbocycles. The molecule has 0 bridgehead atoms. The lowest BCUT2D eigenvalue weighted by molar-refractivity contribution is -0.145. The van der Waals surface area contributed by atoms with Crippen LogP contribution in [-0.2, 0) is 16.0 Å². The number of piperidine rings is 1. The van der Waals surface area contributed by atoms with Gasteiger partial charge in [0.25, 0.3) is 5.91 Å². The number of aryl methyl sites for hydroxylation is 1. The van der Waals surface area contributed by atoms with Gasteiger partial charge in [0.05, 0.1) is 6.20 Å². The number of hydrogen-bond donors (Lipinski definition) is 1. The van der Waals surface area contributed by atoms with Crippen molar-refractivity contribution in [1.29, 1.82) is 0 Å². The Bertz CT molecular complexity index is 507. The Labute approximate surface area is 126 Å². The van der Waals surface area contributed by atoms with E-state index in [1.54, 1.807) is 4.90 Å². The molecule has 1 saturated heterocycles. The zero-order valence-electron chi connectivity index (χ0n) is 13.2. The molecule has 1 amide bonds. The zero-order chi connectivity index (χ0) is 15.4. The monoisotopic (exact) mass is 291 g/mol. The van der Waals surface area contributed by atoms with Crippen LogP contribution in [0.4, 0.5) is 0 Å². The molecule has 2 rings (SSSR count). The third-order valence-corrected chi connectivity index (χ3v) is 4.08. The molecule has 1 atom stereocenters. The lowest BCUT2D eigenvalue weighted by Crippen LogP contribution is -2.43. The number of carbonyl (C=O) groups is 2. The minimum absolute atomic E-state index is 0.223. The van der Waals surface area contributed by atoms with Gasteiger partial charge in [-0.05, 0) is 30.7 Å². The Morgan fingerprint density at radius 3 is 2.90 bits per heavy atom. The van der Waals surface area contributed by atoms with Gasteiger partial charge in [-0.1, -0.05) is 20.8 Å². The number of H-pyrrole nitrogens is 1. The lowest BCUT2D eigenvalue weighted by Gasteiger charge is -2.32. The van der Waals surface area contributed by atoms with Crippen molar-refractivity contribution in [3.63, 3.8) is 0 Å². The molecule has 0 aliphatic carbocycles. The summed E-state index contributed by atoms with van der Waals surface area (Å²) in [5, 5.41) is 7.19. The Morgan fingerprint density at radius 1 is 1.48 bits per heavy atom. The quantitative estimate of drug-likeness (QED) is 0.846. The van der Waals surface area contributed by atoms with Crippen LogP contribution in [0.5, 0.6) is 0 Å². The Morgan fingerprint density at radius 2 is 2.24 bits per heavy atom. The molecule has 1 fully saturated rings. The minimum atomic E-state index is -0.314. The molecule has 0 spiro atoms. The summed E-state index contributed by atoms with van der Waals surface area (Å²) >= 11 is 0. The number of Topliss-reactive ketones (excluding diaryl/α,β-unsaturated/α-hetero) is 1. The standard InChI is InChI=1S/C16H25N3O2/c1-4-12-9-17-18-15(12)13-6-5-7-19(10-13)16(21)14(20)8-11(2)3/h9,11,13H,4-8,10H2,1-3H3,(H,17,18). The normalized spacial score (nSPS) is 19.0. The Hall–Kier alpha value is -1.65. The second-order valence-electron chi connectivity index (χ2n) is 6.27. The third-order valence-electron chi connectivity index (χ3n) is 4.08. The van der Waals surface area contributed by atoms with Crippen molar-refractivity contribution >= 4 is 11.7 Å². The molecule has 1 aromatic heterocycles. The third kappa shape index (κ3) is 3.71. The highest BCUT2D eigenvalue weighted by molar-refractivity contribution is 6.36. The van der Waals surface area contributed by atoms with Crippen molar-refractivity contribution in [2.75, 3.05) is 13.1 Å². The van der Waals surface area contributed by atoms with E-state index in [1.165, 1.54) is 5.56 Å². The van der Waals surface area contributed by atoms with E-state index in [0.717, 1.165) is 25.0 Å². The van der Waals surface area contributed by atoms with Crippen molar-refractivity contribution in [1.82, 2.24) is 15.1 Å². The van der Waals surface area contributed by atoms with Gasteiger partial charge in [-0.2, -0.15) is 5.10 Å².